The van der Waals surface area contributed by atoms with E-state index in [1.165, 1.54) is 17.7 Å². The van der Waals surface area contributed by atoms with Crippen LogP contribution in [-0.4, -0.2) is 76.4 Å². The number of rotatable bonds is 13. The predicted molar refractivity (Wildman–Crippen MR) is 142 cm³/mol. The summed E-state index contributed by atoms with van der Waals surface area (Å²) < 4.78 is 4.50. The molecule has 0 saturated carbocycles. The molecule has 0 aliphatic heterocycles. The van der Waals surface area contributed by atoms with Gasteiger partial charge in [-0.15, -0.1) is 0 Å². The molecule has 0 heterocycles. The molecule has 3 atom stereocenters. The number of amides is 3. The number of hydrogen-bond donors (Lipinski definition) is 5. The van der Waals surface area contributed by atoms with Crippen molar-refractivity contribution in [1.29, 1.82) is 0 Å². The summed E-state index contributed by atoms with van der Waals surface area (Å²) in [5.41, 5.74) is 0. The van der Waals surface area contributed by atoms with Crippen molar-refractivity contribution in [2.24, 2.45) is 0 Å². The number of esters is 1. The van der Waals surface area contributed by atoms with Crippen LogP contribution in [0.2, 0.25) is 0 Å². The van der Waals surface area contributed by atoms with E-state index < -0.39 is 79.0 Å². The molecule has 3 unspecified atom stereocenters. The van der Waals surface area contributed by atoms with E-state index in [1.807, 2.05) is 0 Å². The summed E-state index contributed by atoms with van der Waals surface area (Å²) in [6, 6.07) is 12.7. The van der Waals surface area contributed by atoms with Crippen molar-refractivity contribution in [3.8, 4) is 0 Å². The van der Waals surface area contributed by atoms with Gasteiger partial charge < -0.3 is 30.9 Å². The lowest BCUT2D eigenvalue weighted by Gasteiger charge is -2.22. The lowest BCUT2D eigenvalue weighted by atomic mass is 10.1. The van der Waals surface area contributed by atoms with Gasteiger partial charge in [-0.3, -0.25) is 33.6 Å². The van der Waals surface area contributed by atoms with Gasteiger partial charge in [-0.05, 0) is 24.1 Å². The first-order valence-corrected chi connectivity index (χ1v) is 12.2. The SMILES string of the molecule is CC(=O)NC(CCC(=O)O)C(=O)NC(C)C(=O)NC(CC(=O)O)C(=O)COC(C)=O.c1ccc2ccccc2c1. The first-order chi connectivity index (χ1) is 18.8. The minimum Gasteiger partial charge on any atom is -0.481 e. The fraction of sp³-hybridized carbons (Fsp3) is 0.370. The van der Waals surface area contributed by atoms with E-state index in [1.54, 1.807) is 0 Å². The molecular weight excluding hydrogens is 526 g/mol. The standard InChI is InChI=1S/C17H25N3O10.C10H8/c1-8(18-17(29)11(19-9(2)21)4-5-14(24)25)16(28)20-12(6-15(26)27)13(23)7-30-10(3)22;1-2-6-10-8-4-3-7-9(10)5-1/h8,11-12H,4-7H2,1-3H3,(H,18,29)(H,19,21)(H,20,28)(H,24,25)(H,26,27);1-8H. The maximum atomic E-state index is 12.3. The van der Waals surface area contributed by atoms with Gasteiger partial charge in [0.25, 0.3) is 0 Å². The van der Waals surface area contributed by atoms with Gasteiger partial charge in [0.15, 0.2) is 12.4 Å². The Kier molecular flexibility index (Phi) is 14.0. The normalized spacial score (nSPS) is 12.4. The quantitative estimate of drug-likeness (QED) is 0.218. The van der Waals surface area contributed by atoms with Crippen LogP contribution in [0.4, 0.5) is 0 Å². The van der Waals surface area contributed by atoms with Crippen molar-refractivity contribution in [2.45, 2.75) is 58.2 Å². The Morgan fingerprint density at radius 1 is 0.750 bits per heavy atom. The monoisotopic (exact) mass is 559 g/mol. The van der Waals surface area contributed by atoms with Crippen molar-refractivity contribution >= 4 is 52.2 Å². The van der Waals surface area contributed by atoms with Gasteiger partial charge in [-0.25, -0.2) is 0 Å². The number of hydrogen-bond acceptors (Lipinski definition) is 8. The fourth-order valence-electron chi connectivity index (χ4n) is 3.28. The van der Waals surface area contributed by atoms with Gasteiger partial charge in [0.05, 0.1) is 6.42 Å². The summed E-state index contributed by atoms with van der Waals surface area (Å²) in [4.78, 5) is 80.1. The molecule has 0 spiro atoms. The Morgan fingerprint density at radius 2 is 1.27 bits per heavy atom. The second kappa shape index (κ2) is 16.9. The number of ketones is 1. The van der Waals surface area contributed by atoms with Crippen LogP contribution in [0.25, 0.3) is 10.8 Å². The Balaban J connectivity index is 0.000000653. The molecular formula is C27H33N3O10. The average molecular weight is 560 g/mol. The predicted octanol–water partition coefficient (Wildman–Crippen LogP) is 0.792. The maximum absolute atomic E-state index is 12.3. The molecule has 0 fully saturated rings. The van der Waals surface area contributed by atoms with Crippen molar-refractivity contribution in [3.63, 3.8) is 0 Å². The lowest BCUT2D eigenvalue weighted by Crippen LogP contribution is -2.55. The fourth-order valence-corrected chi connectivity index (χ4v) is 3.28. The van der Waals surface area contributed by atoms with Crippen LogP contribution in [0.5, 0.6) is 0 Å². The lowest BCUT2D eigenvalue weighted by molar-refractivity contribution is -0.147. The second-order valence-corrected chi connectivity index (χ2v) is 8.67. The highest BCUT2D eigenvalue weighted by molar-refractivity contribution is 5.96. The molecule has 0 bridgehead atoms. The second-order valence-electron chi connectivity index (χ2n) is 8.67. The van der Waals surface area contributed by atoms with Gasteiger partial charge in [0.1, 0.15) is 18.1 Å². The third-order valence-corrected chi connectivity index (χ3v) is 5.25. The summed E-state index contributed by atoms with van der Waals surface area (Å²) in [7, 11) is 0. The number of aliphatic carboxylic acids is 2. The summed E-state index contributed by atoms with van der Waals surface area (Å²) in [6.45, 7) is 2.67. The van der Waals surface area contributed by atoms with Crippen molar-refractivity contribution < 1.29 is 48.5 Å². The van der Waals surface area contributed by atoms with E-state index in [0.29, 0.717) is 0 Å². The van der Waals surface area contributed by atoms with Gasteiger partial charge in [-0.1, -0.05) is 48.5 Å². The van der Waals surface area contributed by atoms with Crippen LogP contribution in [0.3, 0.4) is 0 Å². The summed E-state index contributed by atoms with van der Waals surface area (Å²) in [6.07, 6.45) is -1.42. The van der Waals surface area contributed by atoms with Gasteiger partial charge in [-0.2, -0.15) is 0 Å². The number of carbonyl (C=O) groups excluding carboxylic acids is 5. The van der Waals surface area contributed by atoms with Crippen molar-refractivity contribution in [2.75, 3.05) is 6.61 Å². The largest absolute Gasteiger partial charge is 0.481 e. The van der Waals surface area contributed by atoms with Crippen LogP contribution >= 0.6 is 0 Å². The zero-order valence-electron chi connectivity index (χ0n) is 22.3. The average Bonchev–Trinajstić information content (AvgIpc) is 2.88. The Labute approximate surface area is 230 Å². The molecule has 0 aromatic heterocycles. The molecule has 0 radical (unpaired) electrons. The molecule has 216 valence electrons. The number of ether oxygens (including phenoxy) is 1. The number of carboxylic acid groups (broad SMARTS) is 2. The van der Waals surface area contributed by atoms with Crippen LogP contribution in [0.1, 0.15) is 40.0 Å². The van der Waals surface area contributed by atoms with Gasteiger partial charge in [0, 0.05) is 20.3 Å². The van der Waals surface area contributed by atoms with Crippen LogP contribution in [-0.2, 0) is 38.3 Å². The Morgan fingerprint density at radius 3 is 1.70 bits per heavy atom. The highest BCUT2D eigenvalue weighted by atomic mass is 16.5. The first-order valence-electron chi connectivity index (χ1n) is 12.2. The molecule has 13 heteroatoms. The van der Waals surface area contributed by atoms with E-state index in [9.17, 15) is 33.6 Å². The smallest absolute Gasteiger partial charge is 0.305 e. The van der Waals surface area contributed by atoms with Crippen molar-refractivity contribution in [1.82, 2.24) is 16.0 Å². The minimum atomic E-state index is -1.51. The highest BCUT2D eigenvalue weighted by Gasteiger charge is 2.28. The van der Waals surface area contributed by atoms with Gasteiger partial charge in [0.2, 0.25) is 17.7 Å². The van der Waals surface area contributed by atoms with E-state index >= 15 is 0 Å². The molecule has 13 nitrogen and oxygen atoms in total. The van der Waals surface area contributed by atoms with E-state index in [4.69, 9.17) is 10.2 Å². The minimum absolute atomic E-state index is 0.225. The zero-order valence-corrected chi connectivity index (χ0v) is 22.3. The Hall–Kier alpha value is -4.81. The molecule has 2 aromatic carbocycles. The van der Waals surface area contributed by atoms with Crippen LogP contribution in [0, 0.1) is 0 Å². The molecule has 40 heavy (non-hydrogen) atoms. The molecule has 2 rings (SSSR count). The summed E-state index contributed by atoms with van der Waals surface area (Å²) >= 11 is 0. The first kappa shape index (κ1) is 33.2. The van der Waals surface area contributed by atoms with E-state index in [0.717, 1.165) is 13.8 Å². The third kappa shape index (κ3) is 13.1. The zero-order chi connectivity index (χ0) is 30.2. The number of carboxylic acids is 2. The molecule has 0 aliphatic rings. The number of benzene rings is 2. The van der Waals surface area contributed by atoms with E-state index in [2.05, 4.69) is 69.2 Å². The molecule has 0 aliphatic carbocycles. The third-order valence-electron chi connectivity index (χ3n) is 5.25. The molecule has 5 N–H and O–H groups in total. The number of carbonyl (C=O) groups is 7. The van der Waals surface area contributed by atoms with Crippen molar-refractivity contribution in [3.05, 3.63) is 48.5 Å². The van der Waals surface area contributed by atoms with E-state index in [-0.39, 0.29) is 6.42 Å². The van der Waals surface area contributed by atoms with Crippen LogP contribution in [0.15, 0.2) is 48.5 Å². The summed E-state index contributed by atoms with van der Waals surface area (Å²) in [5.74, 6) is -6.55. The topological polar surface area (TPSA) is 205 Å². The number of nitrogens with one attached hydrogen (secondary N) is 3. The number of fused-ring (bicyclic) bond motifs is 1. The molecule has 0 saturated heterocycles. The summed E-state index contributed by atoms with van der Waals surface area (Å²) in [5, 5.41) is 26.9. The van der Waals surface area contributed by atoms with Gasteiger partial charge >= 0.3 is 17.9 Å². The molecule has 2 aromatic rings. The van der Waals surface area contributed by atoms with Crippen LogP contribution < -0.4 is 16.0 Å². The Bertz CT molecular complexity index is 1160. The maximum Gasteiger partial charge on any atom is 0.305 e. The highest BCUT2D eigenvalue weighted by Crippen LogP contribution is 2.11. The number of Topliss-reactive ketones (excluding diaryl/α,β-unsaturated/α-hetero) is 1. The molecule has 3 amide bonds.